The van der Waals surface area contributed by atoms with Gasteiger partial charge in [-0.05, 0) is 26.0 Å². The molecule has 0 fully saturated rings. The smallest absolute Gasteiger partial charge is 0.286 e. The molecule has 1 aliphatic rings. The minimum Gasteiger partial charge on any atom is -0.286 e. The van der Waals surface area contributed by atoms with Crippen LogP contribution in [0.5, 0.6) is 0 Å². The number of nitrogens with zero attached hydrogens (tertiary/aromatic N) is 3. The summed E-state index contributed by atoms with van der Waals surface area (Å²) in [6, 6.07) is 3.56. The molecule has 0 unspecified atom stereocenters. The van der Waals surface area contributed by atoms with Crippen LogP contribution in [-0.2, 0) is 18.2 Å². The number of fused-ring (bicyclic) bond motifs is 1. The van der Waals surface area contributed by atoms with E-state index in [0.29, 0.717) is 5.49 Å². The highest BCUT2D eigenvalue weighted by Crippen LogP contribution is 2.49. The molecule has 0 aromatic carbocycles. The fraction of sp³-hybridized carbons (Fsp3) is 0.400. The summed E-state index contributed by atoms with van der Waals surface area (Å²) >= 11 is 0. The normalized spacial score (nSPS) is 14.1. The maximum atomic E-state index is 12.2. The standard InChI is InChI=1S/C10H15N4O4P/c1-3-16-19(15,17-4-2)18-14-8-9-6-5-7-11-10(9)12-13-14/h5-8,13H,3-4H2,1-2H3. The zero-order chi connectivity index (χ0) is 13.7. The van der Waals surface area contributed by atoms with Gasteiger partial charge in [-0.1, -0.05) is 0 Å². The first kappa shape index (κ1) is 14.0. The van der Waals surface area contributed by atoms with Crippen molar-refractivity contribution in [2.75, 3.05) is 13.2 Å². The maximum absolute atomic E-state index is 12.2. The summed E-state index contributed by atoms with van der Waals surface area (Å²) < 4.78 is 27.4. The molecular formula is C10H15N4O4P. The lowest BCUT2D eigenvalue weighted by molar-refractivity contribution is -0.0759. The minimum atomic E-state index is -3.65. The lowest BCUT2D eigenvalue weighted by Crippen LogP contribution is -2.43. The lowest BCUT2D eigenvalue weighted by Gasteiger charge is -2.24. The molecule has 1 aromatic rings. The first-order chi connectivity index (χ1) is 9.17. The molecule has 8 nitrogen and oxygen atoms in total. The van der Waals surface area contributed by atoms with Crippen molar-refractivity contribution in [1.82, 2.24) is 15.7 Å². The first-order valence-corrected chi connectivity index (χ1v) is 7.27. The second-order valence-electron chi connectivity index (χ2n) is 3.45. The average Bonchev–Trinajstić information content (AvgIpc) is 2.39. The zero-order valence-corrected chi connectivity index (χ0v) is 11.5. The van der Waals surface area contributed by atoms with Gasteiger partial charge in [0, 0.05) is 11.4 Å². The molecule has 1 aliphatic heterocycles. The highest BCUT2D eigenvalue weighted by Gasteiger charge is 2.29. The Morgan fingerprint density at radius 2 is 2.11 bits per heavy atom. The van der Waals surface area contributed by atoms with E-state index >= 15 is 0 Å². The van der Waals surface area contributed by atoms with Crippen LogP contribution in [0.25, 0.3) is 6.20 Å². The third kappa shape index (κ3) is 3.51. The van der Waals surface area contributed by atoms with Crippen LogP contribution in [-0.4, -0.2) is 23.4 Å². The summed E-state index contributed by atoms with van der Waals surface area (Å²) in [6.07, 6.45) is 3.18. The van der Waals surface area contributed by atoms with Crippen LogP contribution < -0.4 is 16.2 Å². The highest BCUT2D eigenvalue weighted by atomic mass is 31.2. The van der Waals surface area contributed by atoms with E-state index in [1.165, 1.54) is 0 Å². The van der Waals surface area contributed by atoms with E-state index in [1.54, 1.807) is 38.4 Å². The Morgan fingerprint density at radius 1 is 1.37 bits per heavy atom. The van der Waals surface area contributed by atoms with Crippen LogP contribution in [0, 0.1) is 0 Å². The summed E-state index contributed by atoms with van der Waals surface area (Å²) in [5.41, 5.74) is 3.05. The SMILES string of the molecule is CCOP(=O)(OCC)ON1C=c2cccnc2=NN1. The Bertz CT molecular complexity index is 583. The number of aromatic nitrogens is 1. The molecule has 0 saturated carbocycles. The molecular weight excluding hydrogens is 271 g/mol. The minimum absolute atomic E-state index is 0.209. The fourth-order valence-electron chi connectivity index (χ4n) is 1.41. The molecule has 0 amide bonds. The van der Waals surface area contributed by atoms with Gasteiger partial charge < -0.3 is 0 Å². The summed E-state index contributed by atoms with van der Waals surface area (Å²) in [6.45, 7) is 3.82. The number of hydrogen-bond donors (Lipinski definition) is 1. The van der Waals surface area contributed by atoms with Gasteiger partial charge >= 0.3 is 7.82 Å². The third-order valence-corrected chi connectivity index (χ3v) is 3.61. The van der Waals surface area contributed by atoms with E-state index < -0.39 is 7.82 Å². The Labute approximate surface area is 110 Å². The molecule has 1 N–H and O–H groups in total. The van der Waals surface area contributed by atoms with Crippen molar-refractivity contribution >= 4 is 14.0 Å². The van der Waals surface area contributed by atoms with Gasteiger partial charge in [0.15, 0.2) is 5.49 Å². The number of phosphoric ester groups is 1. The predicted molar refractivity (Wildman–Crippen MR) is 66.4 cm³/mol. The average molecular weight is 286 g/mol. The van der Waals surface area contributed by atoms with Crippen LogP contribution in [0.2, 0.25) is 0 Å². The number of hydrazine groups is 1. The van der Waals surface area contributed by atoms with E-state index in [4.69, 9.17) is 13.7 Å². The van der Waals surface area contributed by atoms with E-state index in [2.05, 4.69) is 15.6 Å². The number of hydroxylamine groups is 1. The van der Waals surface area contributed by atoms with Crippen molar-refractivity contribution in [3.63, 3.8) is 0 Å². The lowest BCUT2D eigenvalue weighted by atomic mass is 10.4. The van der Waals surface area contributed by atoms with Crippen molar-refractivity contribution in [1.29, 1.82) is 0 Å². The van der Waals surface area contributed by atoms with Crippen molar-refractivity contribution in [2.24, 2.45) is 5.10 Å². The number of pyridine rings is 1. The van der Waals surface area contributed by atoms with Crippen molar-refractivity contribution in [3.05, 3.63) is 29.0 Å². The van der Waals surface area contributed by atoms with Gasteiger partial charge in [-0.2, -0.15) is 5.53 Å². The number of phosphoric acid groups is 1. The van der Waals surface area contributed by atoms with Crippen LogP contribution in [0.1, 0.15) is 13.8 Å². The van der Waals surface area contributed by atoms with E-state index in [-0.39, 0.29) is 13.2 Å². The quantitative estimate of drug-likeness (QED) is 0.752. The zero-order valence-electron chi connectivity index (χ0n) is 10.6. The number of nitrogens with one attached hydrogen (secondary N) is 1. The van der Waals surface area contributed by atoms with Crippen LogP contribution in [0.3, 0.4) is 0 Å². The molecule has 0 radical (unpaired) electrons. The molecule has 0 aliphatic carbocycles. The third-order valence-electron chi connectivity index (χ3n) is 2.09. The Kier molecular flexibility index (Phi) is 4.49. The Hall–Kier alpha value is -1.47. The molecule has 104 valence electrons. The summed E-state index contributed by atoms with van der Waals surface area (Å²) in [5, 5.41) is 5.76. The molecule has 9 heteroatoms. The van der Waals surface area contributed by atoms with Gasteiger partial charge in [-0.3, -0.25) is 9.05 Å². The van der Waals surface area contributed by atoms with Gasteiger partial charge in [-0.25, -0.2) is 9.55 Å². The number of hydrogen-bond acceptors (Lipinski definition) is 8. The highest BCUT2D eigenvalue weighted by molar-refractivity contribution is 7.48. The van der Waals surface area contributed by atoms with Crippen molar-refractivity contribution in [3.8, 4) is 0 Å². The van der Waals surface area contributed by atoms with Gasteiger partial charge in [-0.15, -0.1) is 14.9 Å². The van der Waals surface area contributed by atoms with Crippen LogP contribution in [0.4, 0.5) is 0 Å². The molecule has 0 bridgehead atoms. The van der Waals surface area contributed by atoms with E-state index in [9.17, 15) is 4.57 Å². The second kappa shape index (κ2) is 6.12. The van der Waals surface area contributed by atoms with E-state index in [0.717, 1.165) is 10.4 Å². The summed E-state index contributed by atoms with van der Waals surface area (Å²) in [7, 11) is -3.65. The second-order valence-corrected chi connectivity index (χ2v) is 5.02. The molecule has 0 saturated heterocycles. The molecule has 19 heavy (non-hydrogen) atoms. The Balaban J connectivity index is 2.17. The van der Waals surface area contributed by atoms with Crippen molar-refractivity contribution in [2.45, 2.75) is 13.8 Å². The topological polar surface area (TPSA) is 85.3 Å². The van der Waals surface area contributed by atoms with Gasteiger partial charge in [0.2, 0.25) is 0 Å². The molecule has 2 heterocycles. The predicted octanol–water partition coefficient (Wildman–Crippen LogP) is 0.287. The molecule has 2 rings (SSSR count). The number of rotatable bonds is 6. The molecule has 0 spiro atoms. The van der Waals surface area contributed by atoms with Crippen molar-refractivity contribution < 1.29 is 18.2 Å². The first-order valence-electron chi connectivity index (χ1n) is 5.81. The molecule has 0 atom stereocenters. The summed E-state index contributed by atoms with van der Waals surface area (Å²) in [4.78, 5) is 4.05. The molecule has 1 aromatic heterocycles. The van der Waals surface area contributed by atoms with Crippen LogP contribution >= 0.6 is 7.82 Å². The summed E-state index contributed by atoms with van der Waals surface area (Å²) in [5.74, 6) is 0. The van der Waals surface area contributed by atoms with E-state index in [1.807, 2.05) is 0 Å². The van der Waals surface area contributed by atoms with Gasteiger partial charge in [0.05, 0.1) is 19.4 Å². The maximum Gasteiger partial charge on any atom is 0.498 e. The largest absolute Gasteiger partial charge is 0.498 e. The van der Waals surface area contributed by atoms with Gasteiger partial charge in [0.1, 0.15) is 0 Å². The Morgan fingerprint density at radius 3 is 2.79 bits per heavy atom. The van der Waals surface area contributed by atoms with Gasteiger partial charge in [0.25, 0.3) is 0 Å². The monoisotopic (exact) mass is 286 g/mol. The van der Waals surface area contributed by atoms with Crippen LogP contribution in [0.15, 0.2) is 23.4 Å². The fourth-order valence-corrected chi connectivity index (χ4v) is 2.51.